The molecule has 8 heteroatoms. The molecule has 4 nitrogen and oxygen atoms in total. The summed E-state index contributed by atoms with van der Waals surface area (Å²) >= 11 is 0. The Morgan fingerprint density at radius 2 is 1.76 bits per heavy atom. The Bertz CT molecular complexity index is 974. The standard InChI is InChI=1S/C25H28F4N2O2/c1-33-24(25(27,28)29,19-7-3-2-4-8-19)22(32)31-14-11-23(12-15-31)10-13-30-17-21(23)18-6-5-9-20(26)16-18/h2-9,16,21,30H,10-15,17H2,1H3/t21-,24+/m1/s1. The molecule has 1 spiro atoms. The molecule has 0 radical (unpaired) electrons. The Kier molecular flexibility index (Phi) is 6.51. The van der Waals surface area contributed by atoms with Gasteiger partial charge in [0, 0.05) is 38.2 Å². The van der Waals surface area contributed by atoms with Gasteiger partial charge in [0.2, 0.25) is 0 Å². The number of rotatable bonds is 4. The number of nitrogens with zero attached hydrogens (tertiary/aromatic N) is 1. The van der Waals surface area contributed by atoms with Gasteiger partial charge in [0.15, 0.2) is 0 Å². The van der Waals surface area contributed by atoms with Crippen LogP contribution in [0.5, 0.6) is 0 Å². The molecule has 2 aromatic carbocycles. The van der Waals surface area contributed by atoms with Crippen LogP contribution in [0.25, 0.3) is 0 Å². The number of nitrogens with one attached hydrogen (secondary N) is 1. The van der Waals surface area contributed by atoms with Gasteiger partial charge >= 0.3 is 6.18 Å². The van der Waals surface area contributed by atoms with Crippen LogP contribution in [-0.2, 0) is 15.1 Å². The summed E-state index contributed by atoms with van der Waals surface area (Å²) in [4.78, 5) is 14.7. The van der Waals surface area contributed by atoms with Crippen LogP contribution in [0.3, 0.4) is 0 Å². The maximum Gasteiger partial charge on any atom is 0.430 e. The quantitative estimate of drug-likeness (QED) is 0.672. The maximum atomic E-state index is 14.3. The van der Waals surface area contributed by atoms with Crippen molar-refractivity contribution in [2.45, 2.75) is 37.0 Å². The van der Waals surface area contributed by atoms with E-state index >= 15 is 0 Å². The highest BCUT2D eigenvalue weighted by Gasteiger charge is 2.64. The highest BCUT2D eigenvalue weighted by Crippen LogP contribution is 2.50. The summed E-state index contributed by atoms with van der Waals surface area (Å²) in [6.07, 6.45) is -3.00. The van der Waals surface area contributed by atoms with Gasteiger partial charge in [-0.1, -0.05) is 42.5 Å². The Morgan fingerprint density at radius 1 is 1.06 bits per heavy atom. The van der Waals surface area contributed by atoms with Gasteiger partial charge in [0.05, 0.1) is 0 Å². The van der Waals surface area contributed by atoms with E-state index in [-0.39, 0.29) is 35.8 Å². The molecule has 2 aliphatic rings. The summed E-state index contributed by atoms with van der Waals surface area (Å²) in [5.74, 6) is -1.36. The fourth-order valence-corrected chi connectivity index (χ4v) is 5.55. The Morgan fingerprint density at radius 3 is 2.36 bits per heavy atom. The number of hydrogen-bond donors (Lipinski definition) is 1. The van der Waals surface area contributed by atoms with E-state index in [2.05, 4.69) is 5.32 Å². The van der Waals surface area contributed by atoms with Crippen molar-refractivity contribution in [3.05, 3.63) is 71.5 Å². The predicted octanol–water partition coefficient (Wildman–Crippen LogP) is 4.62. The van der Waals surface area contributed by atoms with Crippen molar-refractivity contribution in [2.24, 2.45) is 5.41 Å². The molecule has 0 aliphatic carbocycles. The second-order valence-electron chi connectivity index (χ2n) is 8.97. The summed E-state index contributed by atoms with van der Waals surface area (Å²) < 4.78 is 61.8. The first-order valence-corrected chi connectivity index (χ1v) is 11.2. The fraction of sp³-hybridized carbons (Fsp3) is 0.480. The first-order valence-electron chi connectivity index (χ1n) is 11.2. The number of halogens is 4. The number of alkyl halides is 3. The molecule has 2 saturated heterocycles. The number of hydrogen-bond acceptors (Lipinski definition) is 3. The summed E-state index contributed by atoms with van der Waals surface area (Å²) in [6, 6.07) is 13.6. The third kappa shape index (κ3) is 4.15. The Hall–Kier alpha value is -2.45. The second kappa shape index (κ2) is 9.06. The molecular weight excluding hydrogens is 436 g/mol. The lowest BCUT2D eigenvalue weighted by Gasteiger charge is -2.50. The van der Waals surface area contributed by atoms with Crippen LogP contribution >= 0.6 is 0 Å². The van der Waals surface area contributed by atoms with E-state index in [4.69, 9.17) is 4.74 Å². The molecule has 0 saturated carbocycles. The van der Waals surface area contributed by atoms with Crippen molar-refractivity contribution < 1.29 is 27.1 Å². The van der Waals surface area contributed by atoms with Crippen LogP contribution in [0.1, 0.15) is 36.3 Å². The van der Waals surface area contributed by atoms with E-state index in [0.29, 0.717) is 19.4 Å². The van der Waals surface area contributed by atoms with E-state index in [1.54, 1.807) is 12.1 Å². The minimum atomic E-state index is -4.92. The number of amides is 1. The van der Waals surface area contributed by atoms with Crippen molar-refractivity contribution >= 4 is 5.91 Å². The fourth-order valence-electron chi connectivity index (χ4n) is 5.55. The molecular formula is C25H28F4N2O2. The molecule has 2 atom stereocenters. The molecule has 178 valence electrons. The number of carbonyl (C=O) groups is 1. The van der Waals surface area contributed by atoms with Gasteiger partial charge in [-0.05, 0) is 48.9 Å². The van der Waals surface area contributed by atoms with Crippen LogP contribution < -0.4 is 5.32 Å². The van der Waals surface area contributed by atoms with Crippen molar-refractivity contribution in [3.63, 3.8) is 0 Å². The molecule has 4 rings (SSSR count). The van der Waals surface area contributed by atoms with Gasteiger partial charge in [0.1, 0.15) is 5.82 Å². The predicted molar refractivity (Wildman–Crippen MR) is 116 cm³/mol. The van der Waals surface area contributed by atoms with Gasteiger partial charge < -0.3 is 15.0 Å². The molecule has 2 aromatic rings. The largest absolute Gasteiger partial charge is 0.430 e. The van der Waals surface area contributed by atoms with Gasteiger partial charge in [-0.15, -0.1) is 0 Å². The smallest absolute Gasteiger partial charge is 0.356 e. The Labute approximate surface area is 190 Å². The number of ether oxygens (including phenoxy) is 1. The van der Waals surface area contributed by atoms with Crippen molar-refractivity contribution in [2.75, 3.05) is 33.3 Å². The minimum Gasteiger partial charge on any atom is -0.356 e. The minimum absolute atomic E-state index is 0.0307. The monoisotopic (exact) mass is 464 g/mol. The molecule has 33 heavy (non-hydrogen) atoms. The van der Waals surface area contributed by atoms with E-state index in [0.717, 1.165) is 25.6 Å². The van der Waals surface area contributed by atoms with Crippen LogP contribution in [0.4, 0.5) is 17.6 Å². The van der Waals surface area contributed by atoms with Crippen LogP contribution in [0.15, 0.2) is 54.6 Å². The molecule has 1 N–H and O–H groups in total. The van der Waals surface area contributed by atoms with Gasteiger partial charge in [-0.2, -0.15) is 13.2 Å². The molecule has 0 unspecified atom stereocenters. The number of likely N-dealkylation sites (tertiary alicyclic amines) is 1. The second-order valence-corrected chi connectivity index (χ2v) is 8.97. The van der Waals surface area contributed by atoms with Crippen LogP contribution in [0, 0.1) is 11.2 Å². The van der Waals surface area contributed by atoms with E-state index in [1.165, 1.54) is 41.3 Å². The summed E-state index contributed by atoms with van der Waals surface area (Å²) in [6.45, 7) is 1.84. The van der Waals surface area contributed by atoms with E-state index < -0.39 is 17.7 Å². The first-order chi connectivity index (χ1) is 15.7. The lowest BCUT2D eigenvalue weighted by atomic mass is 9.62. The number of piperidine rings is 2. The third-order valence-corrected chi connectivity index (χ3v) is 7.37. The summed E-state index contributed by atoms with van der Waals surface area (Å²) in [5.41, 5.74) is -2.59. The highest BCUT2D eigenvalue weighted by atomic mass is 19.4. The normalized spacial score (nSPS) is 22.7. The maximum absolute atomic E-state index is 14.3. The first kappa shape index (κ1) is 23.7. The lowest BCUT2D eigenvalue weighted by Crippen LogP contribution is -2.59. The van der Waals surface area contributed by atoms with Crippen LogP contribution in [0.2, 0.25) is 0 Å². The average molecular weight is 465 g/mol. The Balaban J connectivity index is 1.60. The third-order valence-electron chi connectivity index (χ3n) is 7.37. The van der Waals surface area contributed by atoms with Gasteiger partial charge in [0.25, 0.3) is 11.5 Å². The molecule has 0 bridgehead atoms. The van der Waals surface area contributed by atoms with Crippen molar-refractivity contribution in [3.8, 4) is 0 Å². The van der Waals surface area contributed by atoms with Gasteiger partial charge in [-0.25, -0.2) is 4.39 Å². The molecule has 2 fully saturated rings. The summed E-state index contributed by atoms with van der Waals surface area (Å²) in [5, 5.41) is 3.36. The lowest BCUT2D eigenvalue weighted by molar-refractivity contribution is -0.271. The molecule has 0 aromatic heterocycles. The average Bonchev–Trinajstić information content (AvgIpc) is 2.80. The SMILES string of the molecule is CO[C@](C(=O)N1CCC2(CCNC[C@@H]2c2cccc(F)c2)CC1)(c1ccccc1)C(F)(F)F. The van der Waals surface area contributed by atoms with E-state index in [9.17, 15) is 22.4 Å². The topological polar surface area (TPSA) is 41.6 Å². The zero-order valence-corrected chi connectivity index (χ0v) is 18.5. The van der Waals surface area contributed by atoms with Crippen molar-refractivity contribution in [1.82, 2.24) is 10.2 Å². The molecule has 2 aliphatic heterocycles. The number of carbonyl (C=O) groups excluding carboxylic acids is 1. The number of benzene rings is 2. The summed E-state index contributed by atoms with van der Waals surface area (Å²) in [7, 11) is 0.927. The van der Waals surface area contributed by atoms with E-state index in [1.807, 2.05) is 6.07 Å². The number of methoxy groups -OCH3 is 1. The molecule has 2 heterocycles. The molecule has 1 amide bonds. The highest BCUT2D eigenvalue weighted by molar-refractivity contribution is 5.88. The van der Waals surface area contributed by atoms with Crippen LogP contribution in [-0.4, -0.2) is 50.3 Å². The van der Waals surface area contributed by atoms with Gasteiger partial charge in [-0.3, -0.25) is 4.79 Å². The zero-order valence-electron chi connectivity index (χ0n) is 18.5. The zero-order chi connectivity index (χ0) is 23.7. The van der Waals surface area contributed by atoms with Crippen molar-refractivity contribution in [1.29, 1.82) is 0 Å².